The quantitative estimate of drug-likeness (QED) is 0.698. The van der Waals surface area contributed by atoms with Crippen molar-refractivity contribution in [3.8, 4) is 0 Å². The first kappa shape index (κ1) is 9.81. The number of thioether (sulfide) groups is 1. The van der Waals surface area contributed by atoms with E-state index >= 15 is 0 Å². The van der Waals surface area contributed by atoms with Crippen LogP contribution >= 0.6 is 11.8 Å². The van der Waals surface area contributed by atoms with Crippen LogP contribution in [0.2, 0.25) is 0 Å². The van der Waals surface area contributed by atoms with E-state index in [1.54, 1.807) is 0 Å². The molecular formula is C10H19NOS. The van der Waals surface area contributed by atoms with Gasteiger partial charge in [-0.25, -0.2) is 0 Å². The molecule has 2 atom stereocenters. The fourth-order valence-electron chi connectivity index (χ4n) is 2.60. The summed E-state index contributed by atoms with van der Waals surface area (Å²) in [5, 5.41) is 0. The SMILES string of the molecule is NCC1CCOCC12CCCSC2. The highest BCUT2D eigenvalue weighted by atomic mass is 32.2. The van der Waals surface area contributed by atoms with E-state index in [-0.39, 0.29) is 0 Å². The Bertz CT molecular complexity index is 160. The Morgan fingerprint density at radius 2 is 2.46 bits per heavy atom. The Morgan fingerprint density at radius 1 is 1.54 bits per heavy atom. The predicted molar refractivity (Wildman–Crippen MR) is 57.0 cm³/mol. The third-order valence-corrected chi connectivity index (χ3v) is 4.86. The zero-order chi connectivity index (χ0) is 9.15. The van der Waals surface area contributed by atoms with Crippen LogP contribution in [0, 0.1) is 11.3 Å². The van der Waals surface area contributed by atoms with Gasteiger partial charge in [-0.05, 0) is 37.5 Å². The van der Waals surface area contributed by atoms with Gasteiger partial charge in [0.25, 0.3) is 0 Å². The van der Waals surface area contributed by atoms with Gasteiger partial charge >= 0.3 is 0 Å². The predicted octanol–water partition coefficient (Wildman–Crippen LogP) is 1.49. The smallest absolute Gasteiger partial charge is 0.0533 e. The molecule has 2 fully saturated rings. The number of rotatable bonds is 1. The maximum atomic E-state index is 5.84. The van der Waals surface area contributed by atoms with E-state index in [1.807, 2.05) is 0 Å². The molecule has 76 valence electrons. The highest BCUT2D eigenvalue weighted by Gasteiger charge is 2.41. The molecule has 0 aromatic carbocycles. The van der Waals surface area contributed by atoms with Crippen LogP contribution in [0.4, 0.5) is 0 Å². The fraction of sp³-hybridized carbons (Fsp3) is 1.00. The van der Waals surface area contributed by atoms with Crippen molar-refractivity contribution < 1.29 is 4.74 Å². The summed E-state index contributed by atoms with van der Waals surface area (Å²) < 4.78 is 5.63. The monoisotopic (exact) mass is 201 g/mol. The molecule has 2 N–H and O–H groups in total. The summed E-state index contributed by atoms with van der Waals surface area (Å²) in [6.07, 6.45) is 3.86. The molecule has 2 rings (SSSR count). The molecule has 2 heterocycles. The molecule has 0 aromatic heterocycles. The van der Waals surface area contributed by atoms with Crippen LogP contribution in [0.15, 0.2) is 0 Å². The van der Waals surface area contributed by atoms with E-state index in [0.29, 0.717) is 11.3 Å². The van der Waals surface area contributed by atoms with Crippen LogP contribution in [-0.2, 0) is 4.74 Å². The molecule has 3 heteroatoms. The molecular weight excluding hydrogens is 182 g/mol. The molecule has 0 aliphatic carbocycles. The lowest BCUT2D eigenvalue weighted by atomic mass is 9.71. The lowest BCUT2D eigenvalue weighted by molar-refractivity contribution is -0.0418. The molecule has 0 amide bonds. The summed E-state index contributed by atoms with van der Waals surface area (Å²) in [4.78, 5) is 0. The fourth-order valence-corrected chi connectivity index (χ4v) is 3.97. The van der Waals surface area contributed by atoms with Gasteiger partial charge in [-0.2, -0.15) is 11.8 Å². The van der Waals surface area contributed by atoms with Crippen molar-refractivity contribution in [2.75, 3.05) is 31.3 Å². The second-order valence-corrected chi connectivity index (χ2v) is 5.40. The minimum atomic E-state index is 0.440. The number of hydrogen-bond acceptors (Lipinski definition) is 3. The Morgan fingerprint density at radius 3 is 3.15 bits per heavy atom. The van der Waals surface area contributed by atoms with Gasteiger partial charge in [0.15, 0.2) is 0 Å². The van der Waals surface area contributed by atoms with Crippen molar-refractivity contribution in [2.24, 2.45) is 17.1 Å². The van der Waals surface area contributed by atoms with Gasteiger partial charge < -0.3 is 10.5 Å². The van der Waals surface area contributed by atoms with Gasteiger partial charge in [0, 0.05) is 17.8 Å². The summed E-state index contributed by atoms with van der Waals surface area (Å²) in [5.74, 6) is 3.32. The summed E-state index contributed by atoms with van der Waals surface area (Å²) in [7, 11) is 0. The summed E-state index contributed by atoms with van der Waals surface area (Å²) in [5.41, 5.74) is 6.28. The maximum Gasteiger partial charge on any atom is 0.0533 e. The third kappa shape index (κ3) is 1.88. The van der Waals surface area contributed by atoms with E-state index in [1.165, 1.54) is 30.8 Å². The molecule has 1 spiro atoms. The summed E-state index contributed by atoms with van der Waals surface area (Å²) >= 11 is 2.08. The molecule has 2 unspecified atom stereocenters. The summed E-state index contributed by atoms with van der Waals surface area (Å²) in [6, 6.07) is 0. The average molecular weight is 201 g/mol. The van der Waals surface area contributed by atoms with Crippen molar-refractivity contribution in [1.82, 2.24) is 0 Å². The topological polar surface area (TPSA) is 35.2 Å². The Kier molecular flexibility index (Phi) is 3.17. The van der Waals surface area contributed by atoms with Gasteiger partial charge in [-0.1, -0.05) is 0 Å². The number of hydrogen-bond donors (Lipinski definition) is 1. The van der Waals surface area contributed by atoms with Gasteiger partial charge in [0.2, 0.25) is 0 Å². The largest absolute Gasteiger partial charge is 0.381 e. The number of nitrogens with two attached hydrogens (primary N) is 1. The van der Waals surface area contributed by atoms with Gasteiger partial charge in [0.05, 0.1) is 6.61 Å². The molecule has 0 saturated carbocycles. The van der Waals surface area contributed by atoms with Crippen LogP contribution in [0.25, 0.3) is 0 Å². The molecule has 2 aliphatic heterocycles. The standard InChI is InChI=1S/C10H19NOS/c11-6-9-2-4-12-7-10(9)3-1-5-13-8-10/h9H,1-8,11H2. The molecule has 2 saturated heterocycles. The molecule has 2 nitrogen and oxygen atoms in total. The minimum Gasteiger partial charge on any atom is -0.381 e. The van der Waals surface area contributed by atoms with Crippen molar-refractivity contribution in [3.63, 3.8) is 0 Å². The van der Waals surface area contributed by atoms with Crippen LogP contribution in [0.5, 0.6) is 0 Å². The third-order valence-electron chi connectivity index (χ3n) is 3.50. The minimum absolute atomic E-state index is 0.440. The second kappa shape index (κ2) is 4.20. The van der Waals surface area contributed by atoms with Crippen molar-refractivity contribution in [2.45, 2.75) is 19.3 Å². The molecule has 2 aliphatic rings. The number of ether oxygens (including phenoxy) is 1. The van der Waals surface area contributed by atoms with Gasteiger partial charge in [-0.15, -0.1) is 0 Å². The first-order chi connectivity index (χ1) is 6.37. The summed E-state index contributed by atoms with van der Waals surface area (Å²) in [6.45, 7) is 2.74. The van der Waals surface area contributed by atoms with E-state index in [2.05, 4.69) is 11.8 Å². The van der Waals surface area contributed by atoms with Crippen LogP contribution < -0.4 is 5.73 Å². The molecule has 0 radical (unpaired) electrons. The van der Waals surface area contributed by atoms with Crippen molar-refractivity contribution in [1.29, 1.82) is 0 Å². The second-order valence-electron chi connectivity index (χ2n) is 4.29. The van der Waals surface area contributed by atoms with Crippen LogP contribution in [0.3, 0.4) is 0 Å². The van der Waals surface area contributed by atoms with E-state index in [0.717, 1.165) is 19.8 Å². The van der Waals surface area contributed by atoms with Crippen molar-refractivity contribution >= 4 is 11.8 Å². The highest BCUT2D eigenvalue weighted by molar-refractivity contribution is 7.99. The maximum absolute atomic E-state index is 5.84. The molecule has 13 heavy (non-hydrogen) atoms. The van der Waals surface area contributed by atoms with Crippen molar-refractivity contribution in [3.05, 3.63) is 0 Å². The first-order valence-electron chi connectivity index (χ1n) is 5.23. The lowest BCUT2D eigenvalue weighted by Crippen LogP contribution is -2.46. The van der Waals surface area contributed by atoms with Crippen LogP contribution in [0.1, 0.15) is 19.3 Å². The molecule has 0 aromatic rings. The average Bonchev–Trinajstić information content (AvgIpc) is 2.20. The molecule has 0 bridgehead atoms. The Balaban J connectivity index is 2.06. The lowest BCUT2D eigenvalue weighted by Gasteiger charge is -2.45. The zero-order valence-electron chi connectivity index (χ0n) is 8.13. The zero-order valence-corrected chi connectivity index (χ0v) is 8.94. The first-order valence-corrected chi connectivity index (χ1v) is 6.38. The van der Waals surface area contributed by atoms with Gasteiger partial charge in [-0.3, -0.25) is 0 Å². The van der Waals surface area contributed by atoms with E-state index < -0.39 is 0 Å². The van der Waals surface area contributed by atoms with Crippen LogP contribution in [-0.4, -0.2) is 31.3 Å². The highest BCUT2D eigenvalue weighted by Crippen LogP contribution is 2.44. The normalized spacial score (nSPS) is 40.8. The Labute approximate surface area is 84.6 Å². The van der Waals surface area contributed by atoms with E-state index in [4.69, 9.17) is 10.5 Å². The Hall–Kier alpha value is 0.270. The van der Waals surface area contributed by atoms with Gasteiger partial charge in [0.1, 0.15) is 0 Å². The van der Waals surface area contributed by atoms with E-state index in [9.17, 15) is 0 Å².